The first-order chi connectivity index (χ1) is 9.63. The third-order valence-corrected chi connectivity index (χ3v) is 5.50. The Morgan fingerprint density at radius 1 is 1.20 bits per heavy atom. The minimum atomic E-state index is 0.853. The van der Waals surface area contributed by atoms with Crippen LogP contribution in [0.4, 0.5) is 0 Å². The molecule has 3 aromatic rings. The van der Waals surface area contributed by atoms with Crippen molar-refractivity contribution in [2.75, 3.05) is 0 Å². The summed E-state index contributed by atoms with van der Waals surface area (Å²) in [5.74, 6) is 0. The molecule has 0 fully saturated rings. The molecular formula is C18H17ClS. The van der Waals surface area contributed by atoms with E-state index in [1.807, 2.05) is 12.1 Å². The Morgan fingerprint density at radius 3 is 2.75 bits per heavy atom. The van der Waals surface area contributed by atoms with Gasteiger partial charge in [-0.05, 0) is 49.1 Å². The van der Waals surface area contributed by atoms with Crippen molar-refractivity contribution in [3.05, 3.63) is 52.1 Å². The van der Waals surface area contributed by atoms with Crippen LogP contribution in [0.2, 0.25) is 5.02 Å². The summed E-state index contributed by atoms with van der Waals surface area (Å²) in [6.45, 7) is 6.59. The molecule has 2 heteroatoms. The maximum absolute atomic E-state index is 6.34. The predicted octanol–water partition coefficient (Wildman–Crippen LogP) is 6.75. The highest BCUT2D eigenvalue weighted by molar-refractivity contribution is 7.26. The van der Waals surface area contributed by atoms with E-state index >= 15 is 0 Å². The number of fused-ring (bicyclic) bond motifs is 3. The maximum Gasteiger partial charge on any atom is 0.0584 e. The highest BCUT2D eigenvalue weighted by Gasteiger charge is 2.12. The quantitative estimate of drug-likeness (QED) is 0.491. The number of halogens is 1. The summed E-state index contributed by atoms with van der Waals surface area (Å²) in [6.07, 6.45) is 5.51. The van der Waals surface area contributed by atoms with Crippen molar-refractivity contribution in [2.45, 2.75) is 27.2 Å². The molecule has 0 radical (unpaired) electrons. The van der Waals surface area contributed by atoms with E-state index < -0.39 is 0 Å². The van der Waals surface area contributed by atoms with Crippen molar-refractivity contribution < 1.29 is 0 Å². The number of aryl methyl sites for hydroxylation is 1. The Hall–Kier alpha value is -1.31. The Labute approximate surface area is 128 Å². The van der Waals surface area contributed by atoms with Gasteiger partial charge in [0.1, 0.15) is 0 Å². The van der Waals surface area contributed by atoms with Crippen LogP contribution in [0.15, 0.2) is 30.3 Å². The van der Waals surface area contributed by atoms with Gasteiger partial charge in [-0.1, -0.05) is 42.8 Å². The molecule has 0 atom stereocenters. The molecule has 0 aliphatic rings. The summed E-state index contributed by atoms with van der Waals surface area (Å²) >= 11 is 8.13. The van der Waals surface area contributed by atoms with Crippen molar-refractivity contribution in [2.24, 2.45) is 0 Å². The molecule has 20 heavy (non-hydrogen) atoms. The molecular weight excluding hydrogens is 284 g/mol. The minimum absolute atomic E-state index is 0.853. The molecule has 0 aliphatic carbocycles. The van der Waals surface area contributed by atoms with E-state index in [4.69, 9.17) is 11.6 Å². The lowest BCUT2D eigenvalue weighted by Crippen LogP contribution is -1.87. The summed E-state index contributed by atoms with van der Waals surface area (Å²) in [5.41, 5.74) is 4.05. The van der Waals surface area contributed by atoms with E-state index in [1.54, 1.807) is 11.3 Å². The molecule has 0 aliphatic heterocycles. The Balaban J connectivity index is 2.41. The first-order valence-electron chi connectivity index (χ1n) is 6.91. The van der Waals surface area contributed by atoms with Gasteiger partial charge in [0, 0.05) is 15.5 Å². The van der Waals surface area contributed by atoms with E-state index in [9.17, 15) is 0 Å². The van der Waals surface area contributed by atoms with Gasteiger partial charge in [-0.3, -0.25) is 0 Å². The number of allylic oxidation sites excluding steroid dienone is 1. The standard InChI is InChI=1S/C18H17ClS/c1-4-5-7-13-10-16-17(12(3)11(13)2)14-8-6-9-15(19)18(14)20-16/h5-10H,4H2,1-3H3/b7-5-. The largest absolute Gasteiger partial charge is 0.134 e. The summed E-state index contributed by atoms with van der Waals surface area (Å²) in [6, 6.07) is 8.48. The van der Waals surface area contributed by atoms with Crippen LogP contribution < -0.4 is 0 Å². The predicted molar refractivity (Wildman–Crippen MR) is 93.1 cm³/mol. The van der Waals surface area contributed by atoms with Gasteiger partial charge in [0.05, 0.1) is 9.72 Å². The highest BCUT2D eigenvalue weighted by Crippen LogP contribution is 2.41. The van der Waals surface area contributed by atoms with E-state index in [0.717, 1.165) is 11.4 Å². The molecule has 0 bridgehead atoms. The number of benzene rings is 2. The van der Waals surface area contributed by atoms with Crippen molar-refractivity contribution >= 4 is 49.2 Å². The zero-order chi connectivity index (χ0) is 14.3. The van der Waals surface area contributed by atoms with Gasteiger partial charge < -0.3 is 0 Å². The van der Waals surface area contributed by atoms with Crippen LogP contribution in [-0.2, 0) is 0 Å². The molecule has 102 valence electrons. The second kappa shape index (κ2) is 5.23. The normalized spacial score (nSPS) is 12.0. The third-order valence-electron chi connectivity index (χ3n) is 3.88. The monoisotopic (exact) mass is 300 g/mol. The SMILES string of the molecule is CC/C=C\c1cc2sc3c(Cl)cccc3c2c(C)c1C. The van der Waals surface area contributed by atoms with E-state index in [1.165, 1.54) is 36.9 Å². The van der Waals surface area contributed by atoms with Crippen molar-refractivity contribution in [1.82, 2.24) is 0 Å². The van der Waals surface area contributed by atoms with Gasteiger partial charge in [-0.2, -0.15) is 0 Å². The first-order valence-corrected chi connectivity index (χ1v) is 8.10. The second-order valence-electron chi connectivity index (χ2n) is 5.12. The maximum atomic E-state index is 6.34. The molecule has 0 spiro atoms. The average Bonchev–Trinajstić information content (AvgIpc) is 2.81. The van der Waals surface area contributed by atoms with Gasteiger partial charge in [0.15, 0.2) is 0 Å². The summed E-state index contributed by atoms with van der Waals surface area (Å²) in [7, 11) is 0. The summed E-state index contributed by atoms with van der Waals surface area (Å²) in [4.78, 5) is 0. The summed E-state index contributed by atoms with van der Waals surface area (Å²) < 4.78 is 2.52. The Bertz CT molecular complexity index is 824. The molecule has 0 nitrogen and oxygen atoms in total. The van der Waals surface area contributed by atoms with Gasteiger partial charge in [0.2, 0.25) is 0 Å². The van der Waals surface area contributed by atoms with Crippen molar-refractivity contribution in [3.8, 4) is 0 Å². The van der Waals surface area contributed by atoms with Gasteiger partial charge in [-0.15, -0.1) is 11.3 Å². The van der Waals surface area contributed by atoms with Crippen LogP contribution in [0.3, 0.4) is 0 Å². The summed E-state index contributed by atoms with van der Waals surface area (Å²) in [5, 5.41) is 3.49. The van der Waals surface area contributed by atoms with E-state index in [2.05, 4.69) is 45.1 Å². The molecule has 0 amide bonds. The van der Waals surface area contributed by atoms with Crippen LogP contribution in [0.25, 0.3) is 26.2 Å². The number of hydrogen-bond acceptors (Lipinski definition) is 1. The zero-order valence-corrected chi connectivity index (χ0v) is 13.5. The van der Waals surface area contributed by atoms with Gasteiger partial charge >= 0.3 is 0 Å². The number of thiophene rings is 1. The fourth-order valence-electron chi connectivity index (χ4n) is 2.66. The Kier molecular flexibility index (Phi) is 3.57. The minimum Gasteiger partial charge on any atom is -0.134 e. The van der Waals surface area contributed by atoms with Crippen molar-refractivity contribution in [1.29, 1.82) is 0 Å². The Morgan fingerprint density at radius 2 is 2.00 bits per heavy atom. The fraction of sp³-hybridized carbons (Fsp3) is 0.222. The molecule has 1 heterocycles. The molecule has 0 N–H and O–H groups in total. The third kappa shape index (κ3) is 2.06. The molecule has 0 saturated carbocycles. The number of hydrogen-bond donors (Lipinski definition) is 0. The zero-order valence-electron chi connectivity index (χ0n) is 12.0. The average molecular weight is 301 g/mol. The van der Waals surface area contributed by atoms with Crippen LogP contribution in [0.1, 0.15) is 30.0 Å². The topological polar surface area (TPSA) is 0 Å². The first kappa shape index (κ1) is 13.7. The second-order valence-corrected chi connectivity index (χ2v) is 6.58. The van der Waals surface area contributed by atoms with E-state index in [0.29, 0.717) is 0 Å². The van der Waals surface area contributed by atoms with E-state index in [-0.39, 0.29) is 0 Å². The highest BCUT2D eigenvalue weighted by atomic mass is 35.5. The van der Waals surface area contributed by atoms with Gasteiger partial charge in [0.25, 0.3) is 0 Å². The molecule has 2 aromatic carbocycles. The van der Waals surface area contributed by atoms with Crippen LogP contribution >= 0.6 is 22.9 Å². The van der Waals surface area contributed by atoms with Gasteiger partial charge in [-0.25, -0.2) is 0 Å². The molecule has 0 saturated heterocycles. The van der Waals surface area contributed by atoms with Crippen LogP contribution in [-0.4, -0.2) is 0 Å². The van der Waals surface area contributed by atoms with Crippen LogP contribution in [0, 0.1) is 13.8 Å². The molecule has 1 aromatic heterocycles. The lowest BCUT2D eigenvalue weighted by atomic mass is 9.97. The smallest absolute Gasteiger partial charge is 0.0584 e. The lowest BCUT2D eigenvalue weighted by Gasteiger charge is -2.07. The van der Waals surface area contributed by atoms with Crippen LogP contribution in [0.5, 0.6) is 0 Å². The number of rotatable bonds is 2. The molecule has 3 rings (SSSR count). The molecule has 0 unspecified atom stereocenters. The van der Waals surface area contributed by atoms with Crippen molar-refractivity contribution in [3.63, 3.8) is 0 Å². The fourth-order valence-corrected chi connectivity index (χ4v) is 4.17. The lowest BCUT2D eigenvalue weighted by molar-refractivity contribution is 1.23.